The number of nitro benzene ring substituents is 1. The molecule has 0 radical (unpaired) electrons. The third-order valence-electron chi connectivity index (χ3n) is 1.98. The first-order valence-corrected chi connectivity index (χ1v) is 5.04. The Morgan fingerprint density at radius 3 is 2.65 bits per heavy atom. The van der Waals surface area contributed by atoms with E-state index in [-0.39, 0.29) is 18.1 Å². The molecule has 0 amide bonds. The molecular formula is C9H10BrClN2O4. The minimum atomic E-state index is -1.02. The number of carbonyl (C=O) groups is 1. The lowest BCUT2D eigenvalue weighted by molar-refractivity contribution is -0.385. The van der Waals surface area contributed by atoms with E-state index in [1.807, 2.05) is 0 Å². The summed E-state index contributed by atoms with van der Waals surface area (Å²) in [5.74, 6) is -0.642. The van der Waals surface area contributed by atoms with Gasteiger partial charge in [-0.3, -0.25) is 14.9 Å². The first-order valence-electron chi connectivity index (χ1n) is 4.24. The average Bonchev–Trinajstić information content (AvgIpc) is 2.27. The number of halogens is 2. The summed E-state index contributed by atoms with van der Waals surface area (Å²) in [5, 5.41) is 10.7. The number of nitro groups is 1. The molecule has 1 aromatic rings. The number of esters is 1. The van der Waals surface area contributed by atoms with E-state index in [9.17, 15) is 14.9 Å². The Kier molecular flexibility index (Phi) is 6.08. The molecule has 0 aliphatic rings. The molecule has 1 rings (SSSR count). The standard InChI is InChI=1S/C9H9BrN2O4.ClH/c1-16-9(13)8(11)5-2-3-6(10)7(4-5)12(14)15;/h2-4,8H,11H2,1H3;1H/t8-;/m0./s1. The van der Waals surface area contributed by atoms with Crippen LogP contribution < -0.4 is 5.73 Å². The molecule has 0 aromatic heterocycles. The van der Waals surface area contributed by atoms with Crippen LogP contribution in [0.15, 0.2) is 22.7 Å². The maximum atomic E-state index is 11.1. The highest BCUT2D eigenvalue weighted by molar-refractivity contribution is 9.10. The molecule has 0 aliphatic carbocycles. The number of ether oxygens (including phenoxy) is 1. The first kappa shape index (κ1) is 15.8. The third-order valence-corrected chi connectivity index (χ3v) is 2.65. The van der Waals surface area contributed by atoms with Crippen LogP contribution in [0.25, 0.3) is 0 Å². The van der Waals surface area contributed by atoms with Crippen molar-refractivity contribution in [2.24, 2.45) is 5.73 Å². The Hall–Kier alpha value is -1.18. The van der Waals surface area contributed by atoms with Crippen molar-refractivity contribution >= 4 is 40.0 Å². The second-order valence-electron chi connectivity index (χ2n) is 2.97. The molecule has 0 spiro atoms. The number of nitrogens with zero attached hydrogens (tertiary/aromatic N) is 1. The number of rotatable bonds is 3. The van der Waals surface area contributed by atoms with Crippen molar-refractivity contribution in [2.45, 2.75) is 6.04 Å². The zero-order valence-corrected chi connectivity index (χ0v) is 11.2. The molecule has 0 fully saturated rings. The van der Waals surface area contributed by atoms with E-state index in [2.05, 4.69) is 20.7 Å². The van der Waals surface area contributed by atoms with Gasteiger partial charge in [-0.25, -0.2) is 0 Å². The predicted molar refractivity (Wildman–Crippen MR) is 67.0 cm³/mol. The van der Waals surface area contributed by atoms with Crippen molar-refractivity contribution in [3.8, 4) is 0 Å². The lowest BCUT2D eigenvalue weighted by atomic mass is 10.1. The molecule has 0 unspecified atom stereocenters. The van der Waals surface area contributed by atoms with Gasteiger partial charge >= 0.3 is 5.97 Å². The molecule has 94 valence electrons. The van der Waals surface area contributed by atoms with Gasteiger partial charge in [0, 0.05) is 6.07 Å². The largest absolute Gasteiger partial charge is 0.468 e. The summed E-state index contributed by atoms with van der Waals surface area (Å²) >= 11 is 3.04. The first-order chi connectivity index (χ1) is 7.47. The van der Waals surface area contributed by atoms with Gasteiger partial charge in [0.15, 0.2) is 0 Å². The minimum absolute atomic E-state index is 0. The van der Waals surface area contributed by atoms with E-state index in [4.69, 9.17) is 5.73 Å². The summed E-state index contributed by atoms with van der Waals surface area (Å²) in [6.45, 7) is 0. The third kappa shape index (κ3) is 3.65. The van der Waals surface area contributed by atoms with Crippen LogP contribution in [0.4, 0.5) is 5.69 Å². The quantitative estimate of drug-likeness (QED) is 0.520. The Morgan fingerprint density at radius 2 is 2.18 bits per heavy atom. The molecular weight excluding hydrogens is 315 g/mol. The van der Waals surface area contributed by atoms with E-state index < -0.39 is 16.9 Å². The molecule has 1 aromatic carbocycles. The number of carbonyl (C=O) groups excluding carboxylic acids is 1. The highest BCUT2D eigenvalue weighted by Crippen LogP contribution is 2.27. The van der Waals surface area contributed by atoms with Crippen molar-refractivity contribution in [1.82, 2.24) is 0 Å². The maximum Gasteiger partial charge on any atom is 0.327 e. The molecule has 0 bridgehead atoms. The van der Waals surface area contributed by atoms with Gasteiger partial charge in [-0.2, -0.15) is 0 Å². The average molecular weight is 326 g/mol. The van der Waals surface area contributed by atoms with Crippen LogP contribution in [0.2, 0.25) is 0 Å². The Balaban J connectivity index is 0.00000256. The molecule has 0 saturated heterocycles. The second kappa shape index (κ2) is 6.53. The topological polar surface area (TPSA) is 95.5 Å². The molecule has 1 atom stereocenters. The predicted octanol–water partition coefficient (Wildman–Crippen LogP) is 1.95. The van der Waals surface area contributed by atoms with Crippen LogP contribution in [0.3, 0.4) is 0 Å². The zero-order chi connectivity index (χ0) is 12.3. The van der Waals surface area contributed by atoms with Gasteiger partial charge in [-0.1, -0.05) is 6.07 Å². The number of nitrogens with two attached hydrogens (primary N) is 1. The molecule has 8 heteroatoms. The normalized spacial score (nSPS) is 11.2. The van der Waals surface area contributed by atoms with Gasteiger partial charge in [0.05, 0.1) is 16.5 Å². The number of methoxy groups -OCH3 is 1. The Bertz CT molecular complexity index is 441. The van der Waals surface area contributed by atoms with Crippen molar-refractivity contribution in [2.75, 3.05) is 7.11 Å². The highest BCUT2D eigenvalue weighted by Gasteiger charge is 2.20. The number of hydrogen-bond acceptors (Lipinski definition) is 5. The van der Waals surface area contributed by atoms with Crippen LogP contribution in [0, 0.1) is 10.1 Å². The summed E-state index contributed by atoms with van der Waals surface area (Å²) in [4.78, 5) is 21.2. The van der Waals surface area contributed by atoms with Crippen molar-refractivity contribution in [3.63, 3.8) is 0 Å². The van der Waals surface area contributed by atoms with Crippen molar-refractivity contribution in [1.29, 1.82) is 0 Å². The number of benzene rings is 1. The van der Waals surface area contributed by atoms with Gasteiger partial charge < -0.3 is 10.5 Å². The van der Waals surface area contributed by atoms with E-state index in [0.29, 0.717) is 10.0 Å². The zero-order valence-electron chi connectivity index (χ0n) is 8.75. The van der Waals surface area contributed by atoms with Gasteiger partial charge in [0.2, 0.25) is 0 Å². The van der Waals surface area contributed by atoms with Gasteiger partial charge in [-0.05, 0) is 27.6 Å². The SMILES string of the molecule is COC(=O)[C@@H](N)c1ccc(Br)c([N+](=O)[O-])c1.Cl. The van der Waals surface area contributed by atoms with Crippen molar-refractivity contribution in [3.05, 3.63) is 38.3 Å². The minimum Gasteiger partial charge on any atom is -0.468 e. The summed E-state index contributed by atoms with van der Waals surface area (Å²) < 4.78 is 4.78. The van der Waals surface area contributed by atoms with Crippen LogP contribution in [-0.2, 0) is 9.53 Å². The van der Waals surface area contributed by atoms with E-state index >= 15 is 0 Å². The van der Waals surface area contributed by atoms with E-state index in [1.165, 1.54) is 25.3 Å². The summed E-state index contributed by atoms with van der Waals surface area (Å²) in [6, 6.07) is 3.22. The summed E-state index contributed by atoms with van der Waals surface area (Å²) in [6.07, 6.45) is 0. The monoisotopic (exact) mass is 324 g/mol. The fourth-order valence-electron chi connectivity index (χ4n) is 1.13. The van der Waals surface area contributed by atoms with E-state index in [0.717, 1.165) is 0 Å². The summed E-state index contributed by atoms with van der Waals surface area (Å²) in [5.41, 5.74) is 5.75. The van der Waals surface area contributed by atoms with Crippen molar-refractivity contribution < 1.29 is 14.5 Å². The fourth-order valence-corrected chi connectivity index (χ4v) is 1.52. The lowest BCUT2D eigenvalue weighted by Crippen LogP contribution is -2.22. The molecule has 0 heterocycles. The highest BCUT2D eigenvalue weighted by atomic mass is 79.9. The van der Waals surface area contributed by atoms with Gasteiger partial charge in [0.25, 0.3) is 5.69 Å². The molecule has 17 heavy (non-hydrogen) atoms. The lowest BCUT2D eigenvalue weighted by Gasteiger charge is -2.09. The smallest absolute Gasteiger partial charge is 0.327 e. The molecule has 0 saturated carbocycles. The molecule has 6 nitrogen and oxygen atoms in total. The maximum absolute atomic E-state index is 11.1. The van der Waals surface area contributed by atoms with Gasteiger partial charge in [-0.15, -0.1) is 12.4 Å². The van der Waals surface area contributed by atoms with Gasteiger partial charge in [0.1, 0.15) is 6.04 Å². The van der Waals surface area contributed by atoms with E-state index in [1.54, 1.807) is 0 Å². The molecule has 2 N–H and O–H groups in total. The molecule has 0 aliphatic heterocycles. The van der Waals surface area contributed by atoms with Crippen LogP contribution in [0.5, 0.6) is 0 Å². The summed E-state index contributed by atoms with van der Waals surface area (Å²) in [7, 11) is 1.20. The Morgan fingerprint density at radius 1 is 1.59 bits per heavy atom. The second-order valence-corrected chi connectivity index (χ2v) is 3.82. The van der Waals surface area contributed by atoms with Crippen LogP contribution in [0.1, 0.15) is 11.6 Å². The van der Waals surface area contributed by atoms with Crippen LogP contribution in [-0.4, -0.2) is 18.0 Å². The fraction of sp³-hybridized carbons (Fsp3) is 0.222. The Labute approximate surface area is 112 Å². The number of hydrogen-bond donors (Lipinski definition) is 1. The van der Waals surface area contributed by atoms with Crippen LogP contribution >= 0.6 is 28.3 Å².